The summed E-state index contributed by atoms with van der Waals surface area (Å²) >= 11 is 0. The number of hydrogen-bond donors (Lipinski definition) is 2. The van der Waals surface area contributed by atoms with Crippen molar-refractivity contribution in [3.8, 4) is 11.1 Å². The minimum Gasteiger partial charge on any atom is -0.392 e. The van der Waals surface area contributed by atoms with Gasteiger partial charge in [0.05, 0.1) is 23.7 Å². The number of nitrogens with zero attached hydrogens (tertiary/aromatic N) is 4. The molecule has 3 saturated heterocycles. The van der Waals surface area contributed by atoms with Crippen LogP contribution in [0.1, 0.15) is 53.9 Å². The summed E-state index contributed by atoms with van der Waals surface area (Å²) in [7, 11) is 0. The Labute approximate surface area is 327 Å². The summed E-state index contributed by atoms with van der Waals surface area (Å²) in [4.78, 5) is 40.7. The molecule has 4 aromatic carbocycles. The zero-order chi connectivity index (χ0) is 40.1. The van der Waals surface area contributed by atoms with Crippen LogP contribution in [0.4, 0.5) is 24.5 Å². The van der Waals surface area contributed by atoms with E-state index in [0.717, 1.165) is 65.2 Å². The normalized spacial score (nSPS) is 21.7. The number of anilines is 1. The molecule has 15 heteroatoms. The first kappa shape index (κ1) is 39.9. The Morgan fingerprint density at radius 1 is 0.842 bits per heavy atom. The summed E-state index contributed by atoms with van der Waals surface area (Å²) in [5, 5.41) is 23.4. The number of ether oxygens (including phenoxy) is 2. The van der Waals surface area contributed by atoms with Crippen molar-refractivity contribution in [3.05, 3.63) is 129 Å². The zero-order valence-corrected chi connectivity index (χ0v) is 31.1. The lowest BCUT2D eigenvalue weighted by Gasteiger charge is -2.41. The molecule has 12 nitrogen and oxygen atoms in total. The number of rotatable bonds is 11. The molecule has 7 rings (SSSR count). The van der Waals surface area contributed by atoms with E-state index in [9.17, 15) is 38.0 Å². The summed E-state index contributed by atoms with van der Waals surface area (Å²) < 4.78 is 52.6. The number of halogens is 3. The van der Waals surface area contributed by atoms with Crippen LogP contribution in [0.5, 0.6) is 0 Å². The molecular weight excluding hydrogens is 743 g/mol. The van der Waals surface area contributed by atoms with Gasteiger partial charge in [0.2, 0.25) is 5.91 Å². The van der Waals surface area contributed by atoms with E-state index in [1.54, 1.807) is 12.1 Å². The molecule has 0 aliphatic carbocycles. The Kier molecular flexibility index (Phi) is 12.2. The van der Waals surface area contributed by atoms with Gasteiger partial charge in [0.25, 0.3) is 5.69 Å². The van der Waals surface area contributed by atoms with Crippen LogP contribution in [-0.2, 0) is 32.2 Å². The third kappa shape index (κ3) is 9.62. The highest BCUT2D eigenvalue weighted by molar-refractivity contribution is 5.90. The van der Waals surface area contributed by atoms with Gasteiger partial charge in [-0.3, -0.25) is 24.6 Å². The Morgan fingerprint density at radius 3 is 2.23 bits per heavy atom. The average Bonchev–Trinajstić information content (AvgIpc) is 3.73. The summed E-state index contributed by atoms with van der Waals surface area (Å²) in [6.07, 6.45) is -5.07. The van der Waals surface area contributed by atoms with E-state index in [1.807, 2.05) is 72.8 Å². The first-order valence-electron chi connectivity index (χ1n) is 19.0. The first-order chi connectivity index (χ1) is 27.4. The van der Waals surface area contributed by atoms with Gasteiger partial charge in [-0.25, -0.2) is 0 Å². The van der Waals surface area contributed by atoms with Gasteiger partial charge < -0.3 is 29.7 Å². The SMILES string of the molecule is O=C(NCc1cccc(-c2cccc(C3OC(CN4CCN(c5ccc([N+](=O)[O-])cc5)CC4)CC(c4ccc(CO)cc4)O3)c2)c1)C1CCCN1C(=O)C(F)(F)F. The molecule has 300 valence electrons. The number of nitrogens with one attached hydrogen (secondary N) is 1. The highest BCUT2D eigenvalue weighted by Gasteiger charge is 2.47. The fourth-order valence-electron chi connectivity index (χ4n) is 7.77. The van der Waals surface area contributed by atoms with Gasteiger partial charge in [0.1, 0.15) is 6.04 Å². The average molecular weight is 788 g/mol. The number of piperazine rings is 1. The topological polar surface area (TPSA) is 138 Å². The minimum atomic E-state index is -5.04. The minimum absolute atomic E-state index is 0.0610. The number of alkyl halides is 3. The number of carbonyl (C=O) groups excluding carboxylic acids is 2. The van der Waals surface area contributed by atoms with Crippen LogP contribution in [-0.4, -0.2) is 89.2 Å². The fraction of sp³-hybridized carbons (Fsp3) is 0.381. The van der Waals surface area contributed by atoms with Gasteiger partial charge in [0, 0.05) is 75.6 Å². The number of hydrogen-bond acceptors (Lipinski definition) is 9. The molecule has 4 unspecified atom stereocenters. The highest BCUT2D eigenvalue weighted by atomic mass is 19.4. The zero-order valence-electron chi connectivity index (χ0n) is 31.1. The van der Waals surface area contributed by atoms with Crippen molar-refractivity contribution >= 4 is 23.2 Å². The van der Waals surface area contributed by atoms with Crippen molar-refractivity contribution in [2.45, 2.75) is 63.1 Å². The Balaban J connectivity index is 1.03. The standard InChI is InChI=1S/C42H44F3N5O7/c43-42(44,45)41(53)49-17-3-8-37(49)39(52)46-25-29-4-1-5-31(22-29)32-6-2-7-33(23-32)40-56-36(24-38(57-40)30-11-9-28(27-51)10-12-30)26-47-18-20-48(21-19-47)34-13-15-35(16-14-34)50(54)55/h1-2,4-7,9-16,22-23,36-38,40,51H,3,8,17-21,24-27H2,(H,46,52). The van der Waals surface area contributed by atoms with Gasteiger partial charge in [-0.2, -0.15) is 13.2 Å². The number of non-ortho nitro benzene ring substituents is 1. The third-order valence-electron chi connectivity index (χ3n) is 10.8. The maximum Gasteiger partial charge on any atom is 0.471 e. The van der Waals surface area contributed by atoms with Crippen LogP contribution < -0.4 is 10.2 Å². The molecule has 4 aromatic rings. The van der Waals surface area contributed by atoms with Gasteiger partial charge >= 0.3 is 12.1 Å². The monoisotopic (exact) mass is 787 g/mol. The van der Waals surface area contributed by atoms with Gasteiger partial charge in [-0.05, 0) is 64.9 Å². The molecule has 2 N–H and O–H groups in total. The number of aliphatic hydroxyl groups excluding tert-OH is 1. The molecule has 0 aromatic heterocycles. The third-order valence-corrected chi connectivity index (χ3v) is 10.8. The van der Waals surface area contributed by atoms with Crippen LogP contribution in [0, 0.1) is 10.1 Å². The van der Waals surface area contributed by atoms with Crippen LogP contribution in [0.25, 0.3) is 11.1 Å². The molecule has 3 fully saturated rings. The number of amides is 2. The van der Waals surface area contributed by atoms with Gasteiger partial charge in [-0.15, -0.1) is 0 Å². The summed E-state index contributed by atoms with van der Waals surface area (Å²) in [5.74, 6) is -2.62. The van der Waals surface area contributed by atoms with Crippen LogP contribution in [0.15, 0.2) is 97.1 Å². The predicted octanol–water partition coefficient (Wildman–Crippen LogP) is 6.29. The Bertz CT molecular complexity index is 2040. The van der Waals surface area contributed by atoms with Crippen molar-refractivity contribution in [3.63, 3.8) is 0 Å². The molecule has 4 atom stereocenters. The lowest BCUT2D eigenvalue weighted by Crippen LogP contribution is -2.50. The second-order valence-corrected chi connectivity index (χ2v) is 14.6. The number of aliphatic hydroxyl groups is 1. The fourth-order valence-corrected chi connectivity index (χ4v) is 7.77. The number of nitro groups is 1. The molecule has 3 aliphatic heterocycles. The molecule has 0 spiro atoms. The predicted molar refractivity (Wildman–Crippen MR) is 205 cm³/mol. The quantitative estimate of drug-likeness (QED) is 0.133. The lowest BCUT2D eigenvalue weighted by molar-refractivity contribution is -0.384. The molecule has 3 aliphatic rings. The van der Waals surface area contributed by atoms with Crippen molar-refractivity contribution in [1.82, 2.24) is 15.1 Å². The lowest BCUT2D eigenvalue weighted by atomic mass is 9.98. The highest BCUT2D eigenvalue weighted by Crippen LogP contribution is 2.39. The maximum atomic E-state index is 13.1. The molecule has 57 heavy (non-hydrogen) atoms. The molecule has 2 amide bonds. The van der Waals surface area contributed by atoms with E-state index in [1.165, 1.54) is 12.1 Å². The second kappa shape index (κ2) is 17.4. The van der Waals surface area contributed by atoms with Crippen molar-refractivity contribution in [1.29, 1.82) is 0 Å². The Hall–Kier alpha value is -5.35. The van der Waals surface area contributed by atoms with Crippen molar-refractivity contribution < 1.29 is 42.3 Å². The Morgan fingerprint density at radius 2 is 1.54 bits per heavy atom. The molecular formula is C42H44F3N5O7. The smallest absolute Gasteiger partial charge is 0.392 e. The summed E-state index contributed by atoms with van der Waals surface area (Å²) in [5.41, 5.74) is 6.07. The molecule has 0 radical (unpaired) electrons. The summed E-state index contributed by atoms with van der Waals surface area (Å²) in [6, 6.07) is 28.5. The van der Waals surface area contributed by atoms with E-state index in [0.29, 0.717) is 24.3 Å². The van der Waals surface area contributed by atoms with Crippen molar-refractivity contribution in [2.75, 3.05) is 44.2 Å². The largest absolute Gasteiger partial charge is 0.471 e. The van der Waals surface area contributed by atoms with E-state index in [-0.39, 0.29) is 44.0 Å². The van der Waals surface area contributed by atoms with Gasteiger partial charge in [0.15, 0.2) is 6.29 Å². The number of likely N-dealkylation sites (tertiary alicyclic amines) is 1. The van der Waals surface area contributed by atoms with E-state index < -0.39 is 35.2 Å². The molecule has 0 saturated carbocycles. The molecule has 3 heterocycles. The van der Waals surface area contributed by atoms with E-state index >= 15 is 0 Å². The van der Waals surface area contributed by atoms with E-state index in [4.69, 9.17) is 9.47 Å². The number of nitro benzene ring substituents is 1. The van der Waals surface area contributed by atoms with Crippen LogP contribution >= 0.6 is 0 Å². The molecule has 0 bridgehead atoms. The maximum absolute atomic E-state index is 13.1. The van der Waals surface area contributed by atoms with Crippen molar-refractivity contribution in [2.24, 2.45) is 0 Å². The summed E-state index contributed by atoms with van der Waals surface area (Å²) in [6.45, 7) is 3.67. The first-order valence-corrected chi connectivity index (χ1v) is 19.0. The van der Waals surface area contributed by atoms with Gasteiger partial charge in [-0.1, -0.05) is 60.7 Å². The number of benzene rings is 4. The second-order valence-electron chi connectivity index (χ2n) is 14.6. The van der Waals surface area contributed by atoms with Crippen LogP contribution in [0.2, 0.25) is 0 Å². The van der Waals surface area contributed by atoms with E-state index in [2.05, 4.69) is 15.1 Å². The number of carbonyl (C=O) groups is 2. The van der Waals surface area contributed by atoms with Crippen LogP contribution in [0.3, 0.4) is 0 Å².